The summed E-state index contributed by atoms with van der Waals surface area (Å²) in [6.07, 6.45) is 6.16. The van der Waals surface area contributed by atoms with Crippen LogP contribution in [0.2, 0.25) is 5.02 Å². The molecule has 0 aromatic heterocycles. The quantitative estimate of drug-likeness (QED) is 0.782. The van der Waals surface area contributed by atoms with Gasteiger partial charge in [-0.05, 0) is 37.1 Å². The molecule has 3 heteroatoms. The van der Waals surface area contributed by atoms with Crippen LogP contribution in [0.3, 0.4) is 0 Å². The van der Waals surface area contributed by atoms with Gasteiger partial charge in [0.1, 0.15) is 5.75 Å². The van der Waals surface area contributed by atoms with Gasteiger partial charge >= 0.3 is 0 Å². The van der Waals surface area contributed by atoms with Crippen molar-refractivity contribution in [3.05, 3.63) is 34.9 Å². The molecule has 0 unspecified atom stereocenters. The lowest BCUT2D eigenvalue weighted by Gasteiger charge is -2.02. The second kappa shape index (κ2) is 6.49. The lowest BCUT2D eigenvalue weighted by molar-refractivity contribution is 0.415. The van der Waals surface area contributed by atoms with Crippen molar-refractivity contribution in [3.63, 3.8) is 0 Å². The van der Waals surface area contributed by atoms with Crippen molar-refractivity contribution < 1.29 is 4.74 Å². The van der Waals surface area contributed by atoms with E-state index in [0.29, 0.717) is 10.8 Å². The molecule has 1 rings (SSSR count). The van der Waals surface area contributed by atoms with Crippen LogP contribution >= 0.6 is 11.6 Å². The number of methoxy groups -OCH3 is 1. The lowest BCUT2D eigenvalue weighted by Crippen LogP contribution is -1.96. The summed E-state index contributed by atoms with van der Waals surface area (Å²) in [6.45, 7) is 0.730. The molecule has 0 spiro atoms. The summed E-state index contributed by atoms with van der Waals surface area (Å²) in [5, 5.41) is 0.637. The third kappa shape index (κ3) is 3.94. The first-order chi connectivity index (χ1) is 7.27. The van der Waals surface area contributed by atoms with Gasteiger partial charge in [-0.1, -0.05) is 29.8 Å². The Morgan fingerprint density at radius 1 is 1.47 bits per heavy atom. The Balaban J connectivity index is 2.63. The first-order valence-corrected chi connectivity index (χ1v) is 5.36. The molecule has 1 aromatic carbocycles. The standard InChI is InChI=1S/C12H16ClNO/c1-15-12-7-6-10(9-11(12)13)5-3-2-4-8-14/h3,5-7,9H,2,4,8,14H2,1H3. The van der Waals surface area contributed by atoms with Crippen LogP contribution in [0.25, 0.3) is 6.08 Å². The fourth-order valence-corrected chi connectivity index (χ4v) is 1.51. The Morgan fingerprint density at radius 2 is 2.27 bits per heavy atom. The average Bonchev–Trinajstić information content (AvgIpc) is 2.25. The van der Waals surface area contributed by atoms with Crippen molar-refractivity contribution in [1.29, 1.82) is 0 Å². The van der Waals surface area contributed by atoms with E-state index in [0.717, 1.165) is 24.9 Å². The normalized spacial score (nSPS) is 10.9. The van der Waals surface area contributed by atoms with Crippen LogP contribution in [-0.2, 0) is 0 Å². The van der Waals surface area contributed by atoms with Crippen LogP contribution in [-0.4, -0.2) is 13.7 Å². The van der Waals surface area contributed by atoms with Crippen molar-refractivity contribution in [2.75, 3.05) is 13.7 Å². The summed E-state index contributed by atoms with van der Waals surface area (Å²) >= 11 is 5.99. The summed E-state index contributed by atoms with van der Waals surface area (Å²) in [4.78, 5) is 0. The second-order valence-electron chi connectivity index (χ2n) is 3.23. The minimum atomic E-state index is 0.637. The molecule has 0 atom stereocenters. The van der Waals surface area contributed by atoms with E-state index in [-0.39, 0.29) is 0 Å². The SMILES string of the molecule is COc1ccc(C=CCCCN)cc1Cl. The predicted molar refractivity (Wildman–Crippen MR) is 65.3 cm³/mol. The lowest BCUT2D eigenvalue weighted by atomic mass is 10.2. The van der Waals surface area contributed by atoms with E-state index in [1.54, 1.807) is 7.11 Å². The number of halogens is 1. The third-order valence-corrected chi connectivity index (χ3v) is 2.36. The molecule has 2 nitrogen and oxygen atoms in total. The van der Waals surface area contributed by atoms with Crippen molar-refractivity contribution in [2.24, 2.45) is 5.73 Å². The number of unbranched alkanes of at least 4 members (excludes halogenated alkanes) is 1. The van der Waals surface area contributed by atoms with E-state index in [2.05, 4.69) is 6.08 Å². The van der Waals surface area contributed by atoms with Crippen molar-refractivity contribution in [3.8, 4) is 5.75 Å². The molecule has 0 saturated carbocycles. The number of benzene rings is 1. The van der Waals surface area contributed by atoms with Gasteiger partial charge < -0.3 is 10.5 Å². The highest BCUT2D eigenvalue weighted by Gasteiger charge is 1.98. The maximum absolute atomic E-state index is 5.99. The largest absolute Gasteiger partial charge is 0.495 e. The van der Waals surface area contributed by atoms with Gasteiger partial charge in [0, 0.05) is 0 Å². The van der Waals surface area contributed by atoms with Gasteiger partial charge in [0.05, 0.1) is 12.1 Å². The molecule has 15 heavy (non-hydrogen) atoms. The average molecular weight is 226 g/mol. The van der Waals surface area contributed by atoms with Crippen LogP contribution in [0, 0.1) is 0 Å². The topological polar surface area (TPSA) is 35.2 Å². The Labute approximate surface area is 95.7 Å². The van der Waals surface area contributed by atoms with Crippen LogP contribution in [0.4, 0.5) is 0 Å². The number of hydrogen-bond donors (Lipinski definition) is 1. The predicted octanol–water partition coefficient (Wildman–Crippen LogP) is 3.10. The molecule has 0 saturated heterocycles. The molecule has 0 fully saturated rings. The zero-order valence-electron chi connectivity index (χ0n) is 8.87. The third-order valence-electron chi connectivity index (χ3n) is 2.06. The van der Waals surface area contributed by atoms with E-state index >= 15 is 0 Å². The molecule has 2 N–H and O–H groups in total. The number of hydrogen-bond acceptors (Lipinski definition) is 2. The molecule has 0 heterocycles. The Hall–Kier alpha value is -0.990. The monoisotopic (exact) mass is 225 g/mol. The number of rotatable bonds is 5. The summed E-state index contributed by atoms with van der Waals surface area (Å²) in [5.41, 5.74) is 6.48. The summed E-state index contributed by atoms with van der Waals surface area (Å²) in [5.74, 6) is 0.704. The highest BCUT2D eigenvalue weighted by atomic mass is 35.5. The highest BCUT2D eigenvalue weighted by molar-refractivity contribution is 6.32. The van der Waals surface area contributed by atoms with Crippen molar-refractivity contribution >= 4 is 17.7 Å². The first-order valence-electron chi connectivity index (χ1n) is 4.98. The minimum Gasteiger partial charge on any atom is -0.495 e. The van der Waals surface area contributed by atoms with E-state index in [1.807, 2.05) is 24.3 Å². The maximum atomic E-state index is 5.99. The molecular formula is C12H16ClNO. The second-order valence-corrected chi connectivity index (χ2v) is 3.63. The Kier molecular flexibility index (Phi) is 5.22. The molecule has 0 bridgehead atoms. The summed E-state index contributed by atoms with van der Waals surface area (Å²) < 4.78 is 5.07. The van der Waals surface area contributed by atoms with E-state index in [4.69, 9.17) is 22.1 Å². The number of ether oxygens (including phenoxy) is 1. The van der Waals surface area contributed by atoms with Crippen molar-refractivity contribution in [2.45, 2.75) is 12.8 Å². The van der Waals surface area contributed by atoms with E-state index in [1.165, 1.54) is 0 Å². The molecule has 0 aliphatic rings. The Morgan fingerprint density at radius 3 is 2.87 bits per heavy atom. The van der Waals surface area contributed by atoms with Crippen LogP contribution in [0.5, 0.6) is 5.75 Å². The first kappa shape index (κ1) is 12.1. The number of nitrogens with two attached hydrogens (primary N) is 1. The van der Waals surface area contributed by atoms with Gasteiger partial charge in [-0.3, -0.25) is 0 Å². The molecule has 0 radical (unpaired) electrons. The highest BCUT2D eigenvalue weighted by Crippen LogP contribution is 2.25. The zero-order valence-corrected chi connectivity index (χ0v) is 9.63. The van der Waals surface area contributed by atoms with Crippen LogP contribution in [0.1, 0.15) is 18.4 Å². The molecule has 82 valence electrons. The van der Waals surface area contributed by atoms with E-state index < -0.39 is 0 Å². The smallest absolute Gasteiger partial charge is 0.137 e. The molecule has 1 aromatic rings. The fraction of sp³-hybridized carbons (Fsp3) is 0.333. The van der Waals surface area contributed by atoms with Gasteiger partial charge in [0.25, 0.3) is 0 Å². The van der Waals surface area contributed by atoms with Gasteiger partial charge in [0.2, 0.25) is 0 Å². The van der Waals surface area contributed by atoms with Gasteiger partial charge in [-0.2, -0.15) is 0 Å². The van der Waals surface area contributed by atoms with Gasteiger partial charge in [-0.25, -0.2) is 0 Å². The van der Waals surface area contributed by atoms with Crippen molar-refractivity contribution in [1.82, 2.24) is 0 Å². The fourth-order valence-electron chi connectivity index (χ4n) is 1.24. The van der Waals surface area contributed by atoms with E-state index in [9.17, 15) is 0 Å². The maximum Gasteiger partial charge on any atom is 0.137 e. The van der Waals surface area contributed by atoms with Gasteiger partial charge in [-0.15, -0.1) is 0 Å². The van der Waals surface area contributed by atoms with Gasteiger partial charge in [0.15, 0.2) is 0 Å². The minimum absolute atomic E-state index is 0.637. The molecule has 0 aliphatic carbocycles. The molecule has 0 aliphatic heterocycles. The molecule has 0 amide bonds. The summed E-state index contributed by atoms with van der Waals surface area (Å²) in [7, 11) is 1.61. The summed E-state index contributed by atoms with van der Waals surface area (Å²) in [6, 6.07) is 5.73. The number of allylic oxidation sites excluding steroid dienone is 1. The Bertz CT molecular complexity index is 336. The van der Waals surface area contributed by atoms with Crippen LogP contribution < -0.4 is 10.5 Å². The molecular weight excluding hydrogens is 210 g/mol. The van der Waals surface area contributed by atoms with Crippen LogP contribution in [0.15, 0.2) is 24.3 Å². The zero-order chi connectivity index (χ0) is 11.1.